The Kier molecular flexibility index (Phi) is 8.17. The number of hydrogen-bond donors (Lipinski definition) is 1. The van der Waals surface area contributed by atoms with Crippen molar-refractivity contribution in [3.05, 3.63) is 83.9 Å². The van der Waals surface area contributed by atoms with Crippen molar-refractivity contribution < 1.29 is 22.7 Å². The van der Waals surface area contributed by atoms with E-state index in [9.17, 15) is 13.2 Å². The van der Waals surface area contributed by atoms with Crippen LogP contribution in [0.25, 0.3) is 0 Å². The van der Waals surface area contributed by atoms with Crippen LogP contribution < -0.4 is 19.1 Å². The van der Waals surface area contributed by atoms with Crippen molar-refractivity contribution in [2.75, 3.05) is 18.0 Å². The third kappa shape index (κ3) is 6.08. The third-order valence-electron chi connectivity index (χ3n) is 5.08. The van der Waals surface area contributed by atoms with Crippen LogP contribution in [0.15, 0.2) is 77.7 Å². The van der Waals surface area contributed by atoms with Gasteiger partial charge in [-0.1, -0.05) is 42.5 Å². The lowest BCUT2D eigenvalue weighted by molar-refractivity contribution is -0.119. The summed E-state index contributed by atoms with van der Waals surface area (Å²) in [6.45, 7) is 5.53. The molecule has 7 nitrogen and oxygen atoms in total. The van der Waals surface area contributed by atoms with E-state index in [1.165, 1.54) is 12.1 Å². The quantitative estimate of drug-likeness (QED) is 0.466. The van der Waals surface area contributed by atoms with Crippen LogP contribution in [0.2, 0.25) is 0 Å². The number of aryl methyl sites for hydroxylation is 1. The standard InChI is InChI=1S/C26H30N2O5S/c1-19(2)33-24-15-14-21(16-25(24)32-4)17-27-26(29)18-28(23-13-9-8-10-20(23)3)34(30,31)22-11-6-5-7-12-22/h5-16,19H,17-18H2,1-4H3,(H,27,29). The normalized spacial score (nSPS) is 11.2. The number of benzene rings is 3. The third-order valence-corrected chi connectivity index (χ3v) is 6.86. The van der Waals surface area contributed by atoms with Crippen molar-refractivity contribution in [1.29, 1.82) is 0 Å². The van der Waals surface area contributed by atoms with Crippen molar-refractivity contribution in [3.8, 4) is 11.5 Å². The predicted molar refractivity (Wildman–Crippen MR) is 133 cm³/mol. The molecule has 0 saturated carbocycles. The number of sulfonamides is 1. The molecule has 0 spiro atoms. The summed E-state index contributed by atoms with van der Waals surface area (Å²) in [5.41, 5.74) is 2.01. The first kappa shape index (κ1) is 25.1. The average molecular weight is 483 g/mol. The molecule has 34 heavy (non-hydrogen) atoms. The van der Waals surface area contributed by atoms with E-state index in [2.05, 4.69) is 5.32 Å². The number of rotatable bonds is 10. The molecule has 0 aliphatic rings. The summed E-state index contributed by atoms with van der Waals surface area (Å²) in [4.78, 5) is 13.0. The lowest BCUT2D eigenvalue weighted by atomic mass is 10.2. The summed E-state index contributed by atoms with van der Waals surface area (Å²) in [7, 11) is -2.39. The summed E-state index contributed by atoms with van der Waals surface area (Å²) < 4.78 is 39.1. The first-order valence-corrected chi connectivity index (χ1v) is 12.4. The van der Waals surface area contributed by atoms with E-state index in [-0.39, 0.29) is 24.1 Å². The molecule has 1 amide bonds. The van der Waals surface area contributed by atoms with Crippen molar-refractivity contribution in [2.24, 2.45) is 0 Å². The van der Waals surface area contributed by atoms with Gasteiger partial charge in [-0.2, -0.15) is 0 Å². The van der Waals surface area contributed by atoms with E-state index in [0.717, 1.165) is 15.4 Å². The topological polar surface area (TPSA) is 84.9 Å². The predicted octanol–water partition coefficient (Wildman–Crippen LogP) is 4.30. The van der Waals surface area contributed by atoms with Crippen LogP contribution in [0.5, 0.6) is 11.5 Å². The summed E-state index contributed by atoms with van der Waals surface area (Å²) in [6, 6.07) is 20.6. The van der Waals surface area contributed by atoms with Crippen molar-refractivity contribution in [3.63, 3.8) is 0 Å². The van der Waals surface area contributed by atoms with Gasteiger partial charge in [0.1, 0.15) is 6.54 Å². The highest BCUT2D eigenvalue weighted by atomic mass is 32.2. The van der Waals surface area contributed by atoms with Gasteiger partial charge in [0.05, 0.1) is 23.8 Å². The average Bonchev–Trinajstić information content (AvgIpc) is 2.82. The molecule has 0 bridgehead atoms. The van der Waals surface area contributed by atoms with Gasteiger partial charge < -0.3 is 14.8 Å². The molecule has 0 atom stereocenters. The SMILES string of the molecule is COc1cc(CNC(=O)CN(c2ccccc2C)S(=O)(=O)c2ccccc2)ccc1OC(C)C. The van der Waals surface area contributed by atoms with E-state index >= 15 is 0 Å². The minimum atomic E-state index is -3.95. The second-order valence-electron chi connectivity index (χ2n) is 8.04. The van der Waals surface area contributed by atoms with E-state index in [1.54, 1.807) is 49.6 Å². The number of hydrogen-bond acceptors (Lipinski definition) is 5. The molecule has 0 unspecified atom stereocenters. The Balaban J connectivity index is 1.80. The summed E-state index contributed by atoms with van der Waals surface area (Å²) in [6.07, 6.45) is -0.00144. The zero-order chi connectivity index (χ0) is 24.7. The summed E-state index contributed by atoms with van der Waals surface area (Å²) in [5, 5.41) is 2.81. The van der Waals surface area contributed by atoms with Crippen molar-refractivity contribution >= 4 is 21.6 Å². The zero-order valence-electron chi connectivity index (χ0n) is 19.8. The Morgan fingerprint density at radius 2 is 1.65 bits per heavy atom. The number of ether oxygens (including phenoxy) is 2. The lowest BCUT2D eigenvalue weighted by Crippen LogP contribution is -2.41. The minimum Gasteiger partial charge on any atom is -0.493 e. The molecule has 3 aromatic carbocycles. The fourth-order valence-corrected chi connectivity index (χ4v) is 4.93. The van der Waals surface area contributed by atoms with Crippen molar-refractivity contribution in [1.82, 2.24) is 5.32 Å². The Hall–Kier alpha value is -3.52. The van der Waals surface area contributed by atoms with Crippen LogP contribution in [0, 0.1) is 6.92 Å². The van der Waals surface area contributed by atoms with Crippen LogP contribution in [0.4, 0.5) is 5.69 Å². The van der Waals surface area contributed by atoms with Gasteiger partial charge in [-0.05, 0) is 62.2 Å². The first-order valence-electron chi connectivity index (χ1n) is 11.0. The maximum atomic E-state index is 13.4. The second kappa shape index (κ2) is 11.1. The Labute approximate surface area is 201 Å². The maximum absolute atomic E-state index is 13.4. The molecule has 0 saturated heterocycles. The highest BCUT2D eigenvalue weighted by molar-refractivity contribution is 7.92. The molecule has 0 radical (unpaired) electrons. The molecule has 0 aromatic heterocycles. The van der Waals surface area contributed by atoms with Crippen molar-refractivity contribution in [2.45, 2.75) is 38.3 Å². The van der Waals surface area contributed by atoms with Gasteiger partial charge in [-0.15, -0.1) is 0 Å². The number of nitrogens with zero attached hydrogens (tertiary/aromatic N) is 1. The number of methoxy groups -OCH3 is 1. The number of nitrogens with one attached hydrogen (secondary N) is 1. The molecule has 3 aromatic rings. The van der Waals surface area contributed by atoms with Crippen LogP contribution >= 0.6 is 0 Å². The van der Waals surface area contributed by atoms with Crippen LogP contribution in [-0.4, -0.2) is 34.1 Å². The first-order chi connectivity index (χ1) is 16.2. The van der Waals surface area contributed by atoms with Crippen LogP contribution in [0.3, 0.4) is 0 Å². The van der Waals surface area contributed by atoms with Crippen LogP contribution in [0.1, 0.15) is 25.0 Å². The molecule has 0 aliphatic carbocycles. The monoisotopic (exact) mass is 482 g/mol. The van der Waals surface area contributed by atoms with Crippen LogP contribution in [-0.2, 0) is 21.4 Å². The molecular weight excluding hydrogens is 452 g/mol. The van der Waals surface area contributed by atoms with Gasteiger partial charge in [0.2, 0.25) is 5.91 Å². The molecule has 0 heterocycles. The Bertz CT molecular complexity index is 1230. The number of carbonyl (C=O) groups excluding carboxylic acids is 1. The zero-order valence-corrected chi connectivity index (χ0v) is 20.6. The van der Waals surface area contributed by atoms with Gasteiger partial charge in [-0.25, -0.2) is 8.42 Å². The molecule has 0 aliphatic heterocycles. The lowest BCUT2D eigenvalue weighted by Gasteiger charge is -2.25. The van der Waals surface area contributed by atoms with Gasteiger partial charge >= 0.3 is 0 Å². The highest BCUT2D eigenvalue weighted by Gasteiger charge is 2.28. The molecule has 3 rings (SSSR count). The van der Waals surface area contributed by atoms with Gasteiger partial charge in [0, 0.05) is 6.54 Å². The number of para-hydroxylation sites is 1. The van der Waals surface area contributed by atoms with Gasteiger partial charge in [0.25, 0.3) is 10.0 Å². The number of anilines is 1. The fraction of sp³-hybridized carbons (Fsp3) is 0.269. The largest absolute Gasteiger partial charge is 0.493 e. The fourth-order valence-electron chi connectivity index (χ4n) is 3.42. The molecular formula is C26H30N2O5S. The smallest absolute Gasteiger partial charge is 0.264 e. The molecule has 1 N–H and O–H groups in total. The second-order valence-corrected chi connectivity index (χ2v) is 9.90. The van der Waals surface area contributed by atoms with Gasteiger partial charge in [0.15, 0.2) is 11.5 Å². The van der Waals surface area contributed by atoms with Gasteiger partial charge in [-0.3, -0.25) is 9.10 Å². The Morgan fingerprint density at radius 3 is 2.29 bits per heavy atom. The molecule has 8 heteroatoms. The molecule has 180 valence electrons. The van der Waals surface area contributed by atoms with E-state index in [1.807, 2.05) is 39.0 Å². The van der Waals surface area contributed by atoms with E-state index in [0.29, 0.717) is 17.2 Å². The maximum Gasteiger partial charge on any atom is 0.264 e. The summed E-state index contributed by atoms with van der Waals surface area (Å²) >= 11 is 0. The Morgan fingerprint density at radius 1 is 0.971 bits per heavy atom. The van der Waals surface area contributed by atoms with E-state index in [4.69, 9.17) is 9.47 Å². The molecule has 0 fully saturated rings. The summed E-state index contributed by atoms with van der Waals surface area (Å²) in [5.74, 6) is 0.755. The number of carbonyl (C=O) groups is 1. The minimum absolute atomic E-state index is 0.00144. The van der Waals surface area contributed by atoms with E-state index < -0.39 is 15.9 Å². The number of amides is 1. The highest BCUT2D eigenvalue weighted by Crippen LogP contribution is 2.29.